The lowest BCUT2D eigenvalue weighted by molar-refractivity contribution is 0.00578. The number of nitrogen functional groups attached to an aromatic ring is 2. The molecule has 3 aliphatic rings. The summed E-state index contributed by atoms with van der Waals surface area (Å²) in [6.45, 7) is 9.85. The van der Waals surface area contributed by atoms with Crippen molar-refractivity contribution in [1.29, 1.82) is 0 Å². The maximum atomic E-state index is 13.9. The van der Waals surface area contributed by atoms with Crippen LogP contribution < -0.4 is 16.9 Å². The maximum Gasteiger partial charge on any atom is 0.494 e. The SMILES string of the molecule is CC1(C)OB(c2ccc3nc(N)nc(C(=O)N4Cc5ccccc5C4)c3c2)OC1(C)C.Nc1nc(C(=O)N2Cc3ccccc3C2)c2cc(-c3cc(F)ccc3CO)ccc2n1.OCc1ccc(F)cc1Br. The average molecular weight is 1040 g/mol. The van der Waals surface area contributed by atoms with Crippen LogP contribution in [0.4, 0.5) is 20.7 Å². The summed E-state index contributed by atoms with van der Waals surface area (Å²) in [5.74, 6) is -1.02. The largest absolute Gasteiger partial charge is 0.494 e. The zero-order valence-corrected chi connectivity index (χ0v) is 41.5. The van der Waals surface area contributed by atoms with Gasteiger partial charge in [0, 0.05) is 41.4 Å². The minimum atomic E-state index is -0.536. The summed E-state index contributed by atoms with van der Waals surface area (Å²) in [4.78, 5) is 47.5. The van der Waals surface area contributed by atoms with Crippen LogP contribution in [0.5, 0.6) is 0 Å². The molecule has 6 N–H and O–H groups in total. The Labute approximate surface area is 422 Å². The van der Waals surface area contributed by atoms with Gasteiger partial charge in [0.15, 0.2) is 0 Å². The van der Waals surface area contributed by atoms with Crippen LogP contribution in [0.15, 0.2) is 126 Å². The summed E-state index contributed by atoms with van der Waals surface area (Å²) < 4.78 is 39.2. The molecule has 0 unspecified atom stereocenters. The Morgan fingerprint density at radius 1 is 0.611 bits per heavy atom. The Balaban J connectivity index is 0.000000149. The van der Waals surface area contributed by atoms with E-state index in [0.717, 1.165) is 27.7 Å². The molecule has 5 heterocycles. The molecule has 2 aromatic heterocycles. The van der Waals surface area contributed by atoms with Crippen LogP contribution in [0.2, 0.25) is 0 Å². The molecule has 0 bridgehead atoms. The maximum absolute atomic E-state index is 13.9. The van der Waals surface area contributed by atoms with Gasteiger partial charge in [0.25, 0.3) is 11.8 Å². The predicted molar refractivity (Wildman–Crippen MR) is 275 cm³/mol. The molecule has 18 heteroatoms. The van der Waals surface area contributed by atoms with Gasteiger partial charge in [-0.2, -0.15) is 0 Å². The number of hydrogen-bond acceptors (Lipinski definition) is 12. The molecule has 3 aliphatic heterocycles. The number of fused-ring (bicyclic) bond motifs is 4. The monoisotopic (exact) mass is 1030 g/mol. The molecule has 11 rings (SSSR count). The highest BCUT2D eigenvalue weighted by molar-refractivity contribution is 9.10. The minimum absolute atomic E-state index is 0.0158. The van der Waals surface area contributed by atoms with Crippen molar-refractivity contribution in [2.45, 2.75) is 78.3 Å². The van der Waals surface area contributed by atoms with Crippen LogP contribution in [0.25, 0.3) is 32.9 Å². The Hall–Kier alpha value is -7.22. The van der Waals surface area contributed by atoms with E-state index in [9.17, 15) is 23.5 Å². The van der Waals surface area contributed by atoms with Crippen molar-refractivity contribution in [3.63, 3.8) is 0 Å². The molecule has 1 saturated heterocycles. The van der Waals surface area contributed by atoms with E-state index < -0.39 is 24.1 Å². The van der Waals surface area contributed by atoms with Crippen molar-refractivity contribution >= 4 is 74.0 Å². The molecule has 0 radical (unpaired) electrons. The van der Waals surface area contributed by atoms with E-state index >= 15 is 0 Å². The van der Waals surface area contributed by atoms with Crippen LogP contribution in [-0.4, -0.2) is 70.1 Å². The number of carbonyl (C=O) groups excluding carboxylic acids is 2. The van der Waals surface area contributed by atoms with Gasteiger partial charge in [0.2, 0.25) is 11.9 Å². The van der Waals surface area contributed by atoms with Gasteiger partial charge in [-0.05, 0) is 120 Å². The lowest BCUT2D eigenvalue weighted by Crippen LogP contribution is -2.41. The summed E-state index contributed by atoms with van der Waals surface area (Å²) in [7, 11) is -0.536. The number of aliphatic hydroxyl groups excluding tert-OH is 2. The number of hydrogen-bond donors (Lipinski definition) is 4. The highest BCUT2D eigenvalue weighted by atomic mass is 79.9. The van der Waals surface area contributed by atoms with Gasteiger partial charge < -0.3 is 40.8 Å². The van der Waals surface area contributed by atoms with E-state index in [2.05, 4.69) is 35.9 Å². The zero-order valence-electron chi connectivity index (χ0n) is 39.9. The van der Waals surface area contributed by atoms with Gasteiger partial charge in [-0.3, -0.25) is 9.59 Å². The van der Waals surface area contributed by atoms with Crippen LogP contribution in [-0.2, 0) is 48.7 Å². The standard InChI is InChI=1S/C24H19FN4O2.C23H25BN4O3.C7H6BrFO/c25-18-7-5-17(13-30)19(10-18)14-6-8-21-20(9-14)22(28-24(26)27-21)23(31)29-11-15-3-1-2-4-16(15)12-29;1-22(2)23(3,4)31-24(30-22)16-9-10-18-17(11-16)19(27-21(25)26-18)20(29)28-12-14-7-5-6-8-15(14)13-28;8-7-3-6(9)2-1-5(7)4-10/h1-10,30H,11-13H2,(H2,26,27,28);5-11H,12-13H2,1-4H3,(H2,25,26,27);1-3,10H,4H2. The summed E-state index contributed by atoms with van der Waals surface area (Å²) in [6.07, 6.45) is 0. The Morgan fingerprint density at radius 3 is 1.53 bits per heavy atom. The van der Waals surface area contributed by atoms with Crippen molar-refractivity contribution in [2.75, 3.05) is 11.5 Å². The third kappa shape index (κ3) is 10.1. The fraction of sp³-hybridized carbons (Fsp3) is 0.222. The van der Waals surface area contributed by atoms with Crippen molar-refractivity contribution in [3.8, 4) is 11.1 Å². The summed E-state index contributed by atoms with van der Waals surface area (Å²) in [5.41, 5.74) is 20.4. The van der Waals surface area contributed by atoms with E-state index in [-0.39, 0.29) is 48.4 Å². The van der Waals surface area contributed by atoms with Crippen LogP contribution in [0.1, 0.15) is 82.1 Å². The van der Waals surface area contributed by atoms with Crippen molar-refractivity contribution in [2.24, 2.45) is 0 Å². The fourth-order valence-electron chi connectivity index (χ4n) is 8.79. The molecule has 0 spiro atoms. The molecule has 6 aromatic carbocycles. The molecule has 8 aromatic rings. The second-order valence-electron chi connectivity index (χ2n) is 18.7. The van der Waals surface area contributed by atoms with Crippen LogP contribution in [0, 0.1) is 11.6 Å². The number of amides is 2. The van der Waals surface area contributed by atoms with E-state index in [1.165, 1.54) is 24.3 Å². The number of anilines is 2. The summed E-state index contributed by atoms with van der Waals surface area (Å²) in [6, 6.07) is 35.2. The number of halogens is 3. The minimum Gasteiger partial charge on any atom is -0.399 e. The first kappa shape index (κ1) is 49.8. The number of carbonyl (C=O) groups is 2. The van der Waals surface area contributed by atoms with Gasteiger partial charge in [-0.25, -0.2) is 28.7 Å². The zero-order chi connectivity index (χ0) is 51.1. The van der Waals surface area contributed by atoms with E-state index in [0.29, 0.717) is 80.4 Å². The van der Waals surface area contributed by atoms with Crippen molar-refractivity contribution < 1.29 is 37.9 Å². The number of nitrogens with two attached hydrogens (primary N) is 2. The van der Waals surface area contributed by atoms with E-state index in [1.54, 1.807) is 40.1 Å². The van der Waals surface area contributed by atoms with Gasteiger partial charge in [0.05, 0.1) is 35.4 Å². The Morgan fingerprint density at radius 2 is 1.06 bits per heavy atom. The molecule has 366 valence electrons. The Kier molecular flexibility index (Phi) is 13.9. The predicted octanol–water partition coefficient (Wildman–Crippen LogP) is 8.41. The molecule has 72 heavy (non-hydrogen) atoms. The van der Waals surface area contributed by atoms with Crippen molar-refractivity contribution in [3.05, 3.63) is 182 Å². The second-order valence-corrected chi connectivity index (χ2v) is 19.5. The lowest BCUT2D eigenvalue weighted by atomic mass is 9.78. The van der Waals surface area contributed by atoms with E-state index in [4.69, 9.17) is 25.9 Å². The molecular weight excluding hydrogens is 985 g/mol. The molecule has 0 atom stereocenters. The smallest absolute Gasteiger partial charge is 0.399 e. The van der Waals surface area contributed by atoms with Crippen LogP contribution in [0.3, 0.4) is 0 Å². The number of aromatic nitrogens is 4. The second kappa shape index (κ2) is 20.1. The average Bonchev–Trinajstić information content (AvgIpc) is 4.06. The Bertz CT molecular complexity index is 3350. The molecule has 14 nitrogen and oxygen atoms in total. The number of benzene rings is 6. The van der Waals surface area contributed by atoms with Crippen molar-refractivity contribution in [1.82, 2.24) is 29.7 Å². The molecule has 0 saturated carbocycles. The van der Waals surface area contributed by atoms with Gasteiger partial charge in [0.1, 0.15) is 23.0 Å². The highest BCUT2D eigenvalue weighted by Crippen LogP contribution is 2.37. The number of nitrogens with zero attached hydrogens (tertiary/aromatic N) is 6. The van der Waals surface area contributed by atoms with Gasteiger partial charge >= 0.3 is 7.12 Å². The van der Waals surface area contributed by atoms with Crippen LogP contribution >= 0.6 is 15.9 Å². The molecule has 0 aliphatic carbocycles. The lowest BCUT2D eigenvalue weighted by Gasteiger charge is -2.32. The van der Waals surface area contributed by atoms with E-state index in [1.807, 2.05) is 94.4 Å². The highest BCUT2D eigenvalue weighted by Gasteiger charge is 2.51. The fourth-order valence-corrected chi connectivity index (χ4v) is 9.26. The topological polar surface area (TPSA) is 203 Å². The molecule has 1 fully saturated rings. The number of aliphatic hydroxyl groups is 2. The summed E-state index contributed by atoms with van der Waals surface area (Å²) in [5, 5.41) is 19.5. The summed E-state index contributed by atoms with van der Waals surface area (Å²) >= 11 is 3.11. The first-order chi connectivity index (χ1) is 34.4. The number of rotatable bonds is 6. The third-order valence-electron chi connectivity index (χ3n) is 13.4. The first-order valence-corrected chi connectivity index (χ1v) is 23.9. The quantitative estimate of drug-likeness (QED) is 0.116. The first-order valence-electron chi connectivity index (χ1n) is 23.1. The van der Waals surface area contributed by atoms with Gasteiger partial charge in [-0.15, -0.1) is 0 Å². The third-order valence-corrected chi connectivity index (χ3v) is 14.1. The van der Waals surface area contributed by atoms with Gasteiger partial charge in [-0.1, -0.05) is 94.8 Å². The molecular formula is C54H50BBrF2N8O6. The normalized spacial score (nSPS) is 15.2. The molecule has 2 amide bonds.